The summed E-state index contributed by atoms with van der Waals surface area (Å²) in [5.41, 5.74) is 2.40. The van der Waals surface area contributed by atoms with Crippen LogP contribution < -0.4 is 0 Å². The molecule has 2 aromatic carbocycles. The number of nitrogens with zero attached hydrogens (tertiary/aromatic N) is 3. The maximum Gasteiger partial charge on any atom is 0.217 e. The number of para-hydroxylation sites is 1. The van der Waals surface area contributed by atoms with Gasteiger partial charge in [0.25, 0.3) is 0 Å². The highest BCUT2D eigenvalue weighted by Gasteiger charge is 2.11. The molecule has 0 aliphatic heterocycles. The van der Waals surface area contributed by atoms with Crippen LogP contribution in [0.2, 0.25) is 0 Å². The van der Waals surface area contributed by atoms with Gasteiger partial charge in [0.1, 0.15) is 0 Å². The van der Waals surface area contributed by atoms with Gasteiger partial charge in [-0.05, 0) is 17.7 Å². The van der Waals surface area contributed by atoms with Crippen molar-refractivity contribution in [1.29, 1.82) is 0 Å². The minimum Gasteiger partial charge on any atom is -0.260 e. The fourth-order valence-corrected chi connectivity index (χ4v) is 4.10. The zero-order valence-corrected chi connectivity index (χ0v) is 13.3. The van der Waals surface area contributed by atoms with Crippen LogP contribution in [0.3, 0.4) is 0 Å². The van der Waals surface area contributed by atoms with Crippen molar-refractivity contribution >= 4 is 44.4 Å². The van der Waals surface area contributed by atoms with Crippen LogP contribution in [-0.4, -0.2) is 20.4 Å². The maximum absolute atomic E-state index is 4.30. The van der Waals surface area contributed by atoms with Gasteiger partial charge in [-0.1, -0.05) is 77.7 Å². The van der Waals surface area contributed by atoms with Gasteiger partial charge < -0.3 is 0 Å². The first-order valence-corrected chi connectivity index (χ1v) is 8.79. The molecule has 0 fully saturated rings. The second-order valence-corrected chi connectivity index (χ2v) is 6.79. The summed E-state index contributed by atoms with van der Waals surface area (Å²) in [4.78, 5) is 0.954. The first-order chi connectivity index (χ1) is 10.9. The number of thiazole rings is 1. The lowest BCUT2D eigenvalue weighted by atomic mass is 10.2. The quantitative estimate of drug-likeness (QED) is 0.508. The Morgan fingerprint density at radius 2 is 1.82 bits per heavy atom. The molecule has 0 unspecified atom stereocenters. The molecule has 0 radical (unpaired) electrons. The third kappa shape index (κ3) is 2.53. The zero-order valence-electron chi connectivity index (χ0n) is 11.7. The highest BCUT2D eigenvalue weighted by Crippen LogP contribution is 2.29. The summed E-state index contributed by atoms with van der Waals surface area (Å²) >= 11 is 3.38. The van der Waals surface area contributed by atoms with E-state index in [4.69, 9.17) is 0 Å². The Morgan fingerprint density at radius 3 is 2.73 bits per heavy atom. The molecule has 2 heterocycles. The molecular weight excluding hydrogens is 310 g/mol. The fraction of sp³-hybridized carbons (Fsp3) is 0.0588. The Bertz CT molecular complexity index is 938. The highest BCUT2D eigenvalue weighted by molar-refractivity contribution is 7.99. The molecule has 4 aromatic rings. The van der Waals surface area contributed by atoms with E-state index in [9.17, 15) is 0 Å². The SMILES string of the molecule is C(=C\c1ccccc1)/CSc1nnc2sc3ccccc3n12. The molecule has 0 aliphatic carbocycles. The van der Waals surface area contributed by atoms with Gasteiger partial charge in [-0.25, -0.2) is 0 Å². The highest BCUT2D eigenvalue weighted by atomic mass is 32.2. The summed E-state index contributed by atoms with van der Waals surface area (Å²) in [6, 6.07) is 18.7. The van der Waals surface area contributed by atoms with Crippen molar-refractivity contribution in [2.24, 2.45) is 0 Å². The van der Waals surface area contributed by atoms with E-state index < -0.39 is 0 Å². The van der Waals surface area contributed by atoms with E-state index in [0.717, 1.165) is 15.9 Å². The first-order valence-electron chi connectivity index (χ1n) is 6.99. The molecule has 22 heavy (non-hydrogen) atoms. The van der Waals surface area contributed by atoms with E-state index in [-0.39, 0.29) is 0 Å². The van der Waals surface area contributed by atoms with E-state index in [1.54, 1.807) is 23.1 Å². The second-order valence-electron chi connectivity index (χ2n) is 4.79. The second kappa shape index (κ2) is 5.94. The third-order valence-electron chi connectivity index (χ3n) is 3.33. The predicted molar refractivity (Wildman–Crippen MR) is 94.6 cm³/mol. The van der Waals surface area contributed by atoms with Crippen molar-refractivity contribution in [2.45, 2.75) is 5.16 Å². The molecule has 0 spiro atoms. The van der Waals surface area contributed by atoms with Crippen LogP contribution in [0.25, 0.3) is 21.3 Å². The standard InChI is InChI=1S/C17H13N3S2/c1-2-7-13(8-3-1)9-6-12-21-16-18-19-17-20(16)14-10-4-5-11-15(14)22-17/h1-11H,12H2/b9-6+. The summed E-state index contributed by atoms with van der Waals surface area (Å²) in [5, 5.41) is 9.53. The molecule has 0 amide bonds. The predicted octanol–water partition coefficient (Wildman–Crippen LogP) is 4.75. The van der Waals surface area contributed by atoms with Crippen LogP contribution in [0.4, 0.5) is 0 Å². The zero-order chi connectivity index (χ0) is 14.8. The summed E-state index contributed by atoms with van der Waals surface area (Å²) in [6.45, 7) is 0. The van der Waals surface area contributed by atoms with Gasteiger partial charge in [-0.2, -0.15) is 0 Å². The number of thioether (sulfide) groups is 1. The topological polar surface area (TPSA) is 30.2 Å². The first kappa shape index (κ1) is 13.5. The van der Waals surface area contributed by atoms with Crippen molar-refractivity contribution in [3.05, 3.63) is 66.2 Å². The van der Waals surface area contributed by atoms with Crippen molar-refractivity contribution in [2.75, 3.05) is 5.75 Å². The van der Waals surface area contributed by atoms with E-state index in [1.807, 2.05) is 18.2 Å². The average Bonchev–Trinajstić information content (AvgIpc) is 3.12. The summed E-state index contributed by atoms with van der Waals surface area (Å²) in [7, 11) is 0. The number of benzene rings is 2. The number of aromatic nitrogens is 3. The van der Waals surface area contributed by atoms with Gasteiger partial charge in [-0.15, -0.1) is 10.2 Å². The normalized spacial score (nSPS) is 11.8. The van der Waals surface area contributed by atoms with Crippen LogP contribution in [0.1, 0.15) is 5.56 Å². The molecule has 0 aliphatic rings. The Hall–Kier alpha value is -2.11. The molecule has 4 rings (SSSR count). The lowest BCUT2D eigenvalue weighted by Gasteiger charge is -1.96. The molecule has 0 N–H and O–H groups in total. The number of fused-ring (bicyclic) bond motifs is 3. The lowest BCUT2D eigenvalue weighted by molar-refractivity contribution is 0.943. The van der Waals surface area contributed by atoms with Crippen LogP contribution in [0.5, 0.6) is 0 Å². The van der Waals surface area contributed by atoms with E-state index >= 15 is 0 Å². The fourth-order valence-electron chi connectivity index (χ4n) is 2.32. The van der Waals surface area contributed by atoms with Crippen molar-refractivity contribution < 1.29 is 0 Å². The van der Waals surface area contributed by atoms with Gasteiger partial charge >= 0.3 is 0 Å². The minimum atomic E-state index is 0.875. The summed E-state index contributed by atoms with van der Waals surface area (Å²) in [5.74, 6) is 0.875. The summed E-state index contributed by atoms with van der Waals surface area (Å²) in [6.07, 6.45) is 4.30. The number of hydrogen-bond acceptors (Lipinski definition) is 4. The van der Waals surface area contributed by atoms with E-state index in [1.165, 1.54) is 15.8 Å². The molecule has 5 heteroatoms. The van der Waals surface area contributed by atoms with Crippen molar-refractivity contribution in [1.82, 2.24) is 14.6 Å². The number of rotatable bonds is 4. The molecule has 108 valence electrons. The van der Waals surface area contributed by atoms with Crippen molar-refractivity contribution in [3.8, 4) is 0 Å². The molecule has 0 bridgehead atoms. The van der Waals surface area contributed by atoms with Gasteiger partial charge in [-0.3, -0.25) is 4.40 Å². The Morgan fingerprint density at radius 1 is 1.00 bits per heavy atom. The Balaban J connectivity index is 1.56. The average molecular weight is 323 g/mol. The summed E-state index contributed by atoms with van der Waals surface area (Å²) < 4.78 is 3.38. The molecule has 3 nitrogen and oxygen atoms in total. The van der Waals surface area contributed by atoms with Gasteiger partial charge in [0.05, 0.1) is 10.2 Å². The third-order valence-corrected chi connectivity index (χ3v) is 5.22. The van der Waals surface area contributed by atoms with Crippen LogP contribution in [-0.2, 0) is 0 Å². The van der Waals surface area contributed by atoms with Crippen LogP contribution in [0.15, 0.2) is 65.8 Å². The maximum atomic E-state index is 4.30. The monoisotopic (exact) mass is 323 g/mol. The number of hydrogen-bond donors (Lipinski definition) is 0. The van der Waals surface area contributed by atoms with Gasteiger partial charge in [0, 0.05) is 5.75 Å². The Kier molecular flexibility index (Phi) is 3.66. The van der Waals surface area contributed by atoms with Gasteiger partial charge in [0.15, 0.2) is 5.16 Å². The van der Waals surface area contributed by atoms with Crippen LogP contribution >= 0.6 is 23.1 Å². The van der Waals surface area contributed by atoms with Crippen molar-refractivity contribution in [3.63, 3.8) is 0 Å². The molecule has 0 saturated heterocycles. The molecule has 0 atom stereocenters. The van der Waals surface area contributed by atoms with E-state index in [2.05, 4.69) is 63.1 Å². The minimum absolute atomic E-state index is 0.875. The van der Waals surface area contributed by atoms with E-state index in [0.29, 0.717) is 0 Å². The lowest BCUT2D eigenvalue weighted by Crippen LogP contribution is -1.85. The smallest absolute Gasteiger partial charge is 0.217 e. The van der Waals surface area contributed by atoms with Crippen LogP contribution in [0, 0.1) is 0 Å². The molecular formula is C17H13N3S2. The largest absolute Gasteiger partial charge is 0.260 e. The van der Waals surface area contributed by atoms with Gasteiger partial charge in [0.2, 0.25) is 4.96 Å². The molecule has 2 aromatic heterocycles. The molecule has 0 saturated carbocycles. The Labute approximate surface area is 136 Å².